The van der Waals surface area contributed by atoms with E-state index in [1.807, 2.05) is 0 Å². The molecule has 2 aromatic rings. The highest BCUT2D eigenvalue weighted by Crippen LogP contribution is 2.29. The van der Waals surface area contributed by atoms with E-state index < -0.39 is 0 Å². The molecule has 4 nitrogen and oxygen atoms in total. The van der Waals surface area contributed by atoms with Gasteiger partial charge in [0, 0.05) is 24.1 Å². The van der Waals surface area contributed by atoms with Crippen molar-refractivity contribution in [3.05, 3.63) is 42.0 Å². The maximum atomic E-state index is 13.0. The van der Waals surface area contributed by atoms with Crippen molar-refractivity contribution in [1.82, 2.24) is 9.97 Å². The van der Waals surface area contributed by atoms with Crippen molar-refractivity contribution in [2.24, 2.45) is 5.73 Å². The normalized spacial score (nSPS) is 11.5. The van der Waals surface area contributed by atoms with Crippen molar-refractivity contribution >= 4 is 5.69 Å². The van der Waals surface area contributed by atoms with Crippen LogP contribution in [-0.2, 0) is 5.41 Å². The molecule has 0 aliphatic rings. The van der Waals surface area contributed by atoms with Gasteiger partial charge in [-0.3, -0.25) is 0 Å². The molecule has 0 fully saturated rings. The molecule has 0 unspecified atom stereocenters. The van der Waals surface area contributed by atoms with Crippen molar-refractivity contribution in [1.29, 1.82) is 0 Å². The van der Waals surface area contributed by atoms with E-state index in [1.54, 1.807) is 18.3 Å². The Morgan fingerprint density at radius 1 is 1.19 bits per heavy atom. The molecule has 0 bridgehead atoms. The fraction of sp³-hybridized carbons (Fsp3) is 0.375. The van der Waals surface area contributed by atoms with E-state index in [2.05, 4.69) is 36.1 Å². The third-order valence-corrected chi connectivity index (χ3v) is 3.06. The van der Waals surface area contributed by atoms with Gasteiger partial charge in [0.1, 0.15) is 5.82 Å². The Morgan fingerprint density at radius 2 is 1.86 bits per heavy atom. The van der Waals surface area contributed by atoms with Crippen LogP contribution in [0.3, 0.4) is 0 Å². The van der Waals surface area contributed by atoms with Crippen molar-refractivity contribution < 1.29 is 4.39 Å². The van der Waals surface area contributed by atoms with Gasteiger partial charge in [-0.25, -0.2) is 14.4 Å². The zero-order valence-electron chi connectivity index (χ0n) is 12.7. The maximum Gasteiger partial charge on any atom is 0.159 e. The molecule has 2 rings (SSSR count). The summed E-state index contributed by atoms with van der Waals surface area (Å²) in [5.74, 6) is 0.328. The minimum Gasteiger partial charge on any atom is -0.381 e. The molecule has 0 saturated carbocycles. The van der Waals surface area contributed by atoms with Gasteiger partial charge < -0.3 is 11.1 Å². The van der Waals surface area contributed by atoms with E-state index in [9.17, 15) is 4.39 Å². The molecule has 0 saturated heterocycles. The lowest BCUT2D eigenvalue weighted by molar-refractivity contribution is 0.569. The Morgan fingerprint density at radius 3 is 2.43 bits per heavy atom. The van der Waals surface area contributed by atoms with Crippen molar-refractivity contribution in [2.75, 3.05) is 18.4 Å². The molecule has 112 valence electrons. The number of anilines is 1. The molecular weight excluding hydrogens is 267 g/mol. The first kappa shape index (κ1) is 15.4. The Bertz CT molecular complexity index is 603. The van der Waals surface area contributed by atoms with Gasteiger partial charge in [0.2, 0.25) is 0 Å². The summed E-state index contributed by atoms with van der Waals surface area (Å²) in [4.78, 5) is 9.03. The minimum absolute atomic E-state index is 0.130. The zero-order chi connectivity index (χ0) is 15.5. The monoisotopic (exact) mass is 288 g/mol. The number of nitrogens with zero attached hydrogens (tertiary/aromatic N) is 2. The second-order valence-electron chi connectivity index (χ2n) is 5.93. The molecule has 0 amide bonds. The molecule has 0 aliphatic carbocycles. The third kappa shape index (κ3) is 3.76. The van der Waals surface area contributed by atoms with Crippen LogP contribution in [0.25, 0.3) is 11.4 Å². The van der Waals surface area contributed by atoms with Crippen molar-refractivity contribution in [3.63, 3.8) is 0 Å². The number of nitrogens with one attached hydrogen (secondary N) is 1. The summed E-state index contributed by atoms with van der Waals surface area (Å²) >= 11 is 0. The second-order valence-corrected chi connectivity index (χ2v) is 5.93. The Balaban J connectivity index is 2.43. The molecule has 1 heterocycles. The molecule has 1 aromatic heterocycles. The molecule has 21 heavy (non-hydrogen) atoms. The molecule has 5 heteroatoms. The maximum absolute atomic E-state index is 13.0. The lowest BCUT2D eigenvalue weighted by atomic mass is 9.90. The van der Waals surface area contributed by atoms with E-state index in [0.717, 1.165) is 16.9 Å². The second kappa shape index (κ2) is 6.18. The molecule has 3 N–H and O–H groups in total. The lowest BCUT2D eigenvalue weighted by Crippen LogP contribution is -2.21. The standard InChI is InChI=1S/C16H21FN4/c1-16(2,3)14-13(19-9-8-18)10-20-15(21-14)11-4-6-12(17)7-5-11/h4-7,10,19H,8-9,18H2,1-3H3. The van der Waals surface area contributed by atoms with Gasteiger partial charge in [-0.05, 0) is 24.3 Å². The van der Waals surface area contributed by atoms with Crippen molar-refractivity contribution in [2.45, 2.75) is 26.2 Å². The van der Waals surface area contributed by atoms with E-state index in [0.29, 0.717) is 18.9 Å². The number of rotatable bonds is 4. The smallest absolute Gasteiger partial charge is 0.159 e. The SMILES string of the molecule is CC(C)(C)c1nc(-c2ccc(F)cc2)ncc1NCCN. The highest BCUT2D eigenvalue weighted by Gasteiger charge is 2.21. The van der Waals surface area contributed by atoms with Gasteiger partial charge in [-0.15, -0.1) is 0 Å². The fourth-order valence-electron chi connectivity index (χ4n) is 2.03. The van der Waals surface area contributed by atoms with Crippen LogP contribution in [0.1, 0.15) is 26.5 Å². The van der Waals surface area contributed by atoms with Gasteiger partial charge in [0.25, 0.3) is 0 Å². The van der Waals surface area contributed by atoms with E-state index in [4.69, 9.17) is 5.73 Å². The van der Waals surface area contributed by atoms with Crippen LogP contribution in [0.4, 0.5) is 10.1 Å². The van der Waals surface area contributed by atoms with E-state index in [1.165, 1.54) is 12.1 Å². The van der Waals surface area contributed by atoms with Gasteiger partial charge in [-0.1, -0.05) is 20.8 Å². The van der Waals surface area contributed by atoms with Gasteiger partial charge in [0.05, 0.1) is 17.6 Å². The predicted octanol–water partition coefficient (Wildman–Crippen LogP) is 2.95. The Kier molecular flexibility index (Phi) is 4.53. The fourth-order valence-corrected chi connectivity index (χ4v) is 2.03. The van der Waals surface area contributed by atoms with Crippen LogP contribution in [0, 0.1) is 5.82 Å². The molecular formula is C16H21FN4. The third-order valence-electron chi connectivity index (χ3n) is 3.06. The first-order valence-electron chi connectivity index (χ1n) is 6.99. The molecule has 0 spiro atoms. The highest BCUT2D eigenvalue weighted by molar-refractivity contribution is 5.59. The van der Waals surface area contributed by atoms with Crippen LogP contribution in [-0.4, -0.2) is 23.1 Å². The topological polar surface area (TPSA) is 63.8 Å². The number of halogens is 1. The van der Waals surface area contributed by atoms with Crippen molar-refractivity contribution in [3.8, 4) is 11.4 Å². The summed E-state index contributed by atoms with van der Waals surface area (Å²) in [5.41, 5.74) is 8.01. The van der Waals surface area contributed by atoms with Gasteiger partial charge in [0.15, 0.2) is 5.82 Å². The molecule has 0 aliphatic heterocycles. The Labute approximate surface area is 124 Å². The zero-order valence-corrected chi connectivity index (χ0v) is 12.7. The average Bonchev–Trinajstić information content (AvgIpc) is 2.45. The number of hydrogen-bond donors (Lipinski definition) is 2. The molecule has 0 radical (unpaired) electrons. The van der Waals surface area contributed by atoms with Crippen LogP contribution < -0.4 is 11.1 Å². The summed E-state index contributed by atoms with van der Waals surface area (Å²) in [5, 5.41) is 3.25. The predicted molar refractivity (Wildman–Crippen MR) is 83.7 cm³/mol. The van der Waals surface area contributed by atoms with Gasteiger partial charge in [-0.2, -0.15) is 0 Å². The summed E-state index contributed by atoms with van der Waals surface area (Å²) in [6.07, 6.45) is 1.77. The largest absolute Gasteiger partial charge is 0.381 e. The first-order chi connectivity index (χ1) is 9.91. The quantitative estimate of drug-likeness (QED) is 0.908. The number of aromatic nitrogens is 2. The lowest BCUT2D eigenvalue weighted by Gasteiger charge is -2.22. The summed E-state index contributed by atoms with van der Waals surface area (Å²) in [6, 6.07) is 6.19. The minimum atomic E-state index is -0.268. The average molecular weight is 288 g/mol. The van der Waals surface area contributed by atoms with E-state index in [-0.39, 0.29) is 11.2 Å². The van der Waals surface area contributed by atoms with Crippen LogP contribution in [0.2, 0.25) is 0 Å². The number of hydrogen-bond acceptors (Lipinski definition) is 4. The van der Waals surface area contributed by atoms with E-state index >= 15 is 0 Å². The first-order valence-corrected chi connectivity index (χ1v) is 6.99. The highest BCUT2D eigenvalue weighted by atomic mass is 19.1. The van der Waals surface area contributed by atoms with Crippen LogP contribution in [0.15, 0.2) is 30.5 Å². The summed E-state index contributed by atoms with van der Waals surface area (Å²) < 4.78 is 13.0. The Hall–Kier alpha value is -2.01. The molecule has 0 atom stereocenters. The molecule has 1 aromatic carbocycles. The van der Waals surface area contributed by atoms with Crippen LogP contribution in [0.5, 0.6) is 0 Å². The summed E-state index contributed by atoms with van der Waals surface area (Å²) in [6.45, 7) is 7.50. The number of nitrogens with two attached hydrogens (primary N) is 1. The van der Waals surface area contributed by atoms with Crippen LogP contribution >= 0.6 is 0 Å². The number of benzene rings is 1. The summed E-state index contributed by atoms with van der Waals surface area (Å²) in [7, 11) is 0. The van der Waals surface area contributed by atoms with Gasteiger partial charge >= 0.3 is 0 Å².